The Morgan fingerprint density at radius 2 is 1.02 bits per heavy atom. The number of hydrogen-bond donors (Lipinski definition) is 5. The molecule has 4 amide bonds. The van der Waals surface area contributed by atoms with Gasteiger partial charge in [-0.3, -0.25) is 14.4 Å². The fraction of sp³-hybridized carbons (Fsp3) is 0.744. The van der Waals surface area contributed by atoms with Gasteiger partial charge in [0.2, 0.25) is 17.7 Å². The summed E-state index contributed by atoms with van der Waals surface area (Å²) in [6.45, 7) is 17.2. The molecule has 2 atom stereocenters. The maximum absolute atomic E-state index is 12.9. The van der Waals surface area contributed by atoms with Crippen LogP contribution >= 0.6 is 0 Å². The van der Waals surface area contributed by atoms with Gasteiger partial charge in [-0.15, -0.1) is 0 Å². The molecule has 5 N–H and O–H groups in total. The zero-order valence-electron chi connectivity index (χ0n) is 34.7. The molecule has 328 valence electrons. The Morgan fingerprint density at radius 1 is 0.596 bits per heavy atom. The van der Waals surface area contributed by atoms with Crippen LogP contribution in [-0.2, 0) is 63.6 Å². The first kappa shape index (κ1) is 51.6. The number of nitrogens with one attached hydrogen (secondary N) is 4. The quantitative estimate of drug-likeness (QED) is 0.0627. The topological polar surface area (TPSA) is 220 Å². The van der Waals surface area contributed by atoms with Crippen molar-refractivity contribution in [1.29, 1.82) is 0 Å². The summed E-state index contributed by atoms with van der Waals surface area (Å²) in [5.41, 5.74) is 0.724. The first-order chi connectivity index (χ1) is 27.3. The van der Waals surface area contributed by atoms with Crippen molar-refractivity contribution in [2.75, 3.05) is 118 Å². The minimum Gasteiger partial charge on any atom is -0.444 e. The summed E-state index contributed by atoms with van der Waals surface area (Å²) < 4.78 is 48.8. The van der Waals surface area contributed by atoms with E-state index in [2.05, 4.69) is 21.3 Å². The van der Waals surface area contributed by atoms with Crippen LogP contribution < -0.4 is 21.3 Å². The Bertz CT molecular complexity index is 1220. The molecule has 18 heteroatoms. The number of carbonyl (C=O) groups is 4. The number of aliphatic hydroxyl groups excluding tert-OH is 1. The summed E-state index contributed by atoms with van der Waals surface area (Å²) in [5.74, 6) is -1.43. The second-order valence-corrected chi connectivity index (χ2v) is 13.9. The van der Waals surface area contributed by atoms with E-state index < -0.39 is 35.6 Å². The van der Waals surface area contributed by atoms with E-state index in [1.165, 1.54) is 0 Å². The predicted octanol–water partition coefficient (Wildman–Crippen LogP) is 1.81. The van der Waals surface area contributed by atoms with Crippen molar-refractivity contribution in [3.8, 4) is 0 Å². The summed E-state index contributed by atoms with van der Waals surface area (Å²) >= 11 is 0. The van der Waals surface area contributed by atoms with Crippen molar-refractivity contribution >= 4 is 29.5 Å². The lowest BCUT2D eigenvalue weighted by Crippen LogP contribution is -2.53. The largest absolute Gasteiger partial charge is 0.444 e. The molecule has 0 fully saturated rings. The van der Waals surface area contributed by atoms with Crippen LogP contribution in [0, 0.1) is 5.92 Å². The number of rotatable bonds is 34. The molecule has 1 aromatic carbocycles. The summed E-state index contributed by atoms with van der Waals surface area (Å²) in [5, 5.41) is 19.9. The van der Waals surface area contributed by atoms with E-state index in [1.54, 1.807) is 65.8 Å². The molecule has 1 rings (SSSR count). The van der Waals surface area contributed by atoms with E-state index in [-0.39, 0.29) is 31.5 Å². The number of aliphatic hydroxyl groups is 1. The van der Waals surface area contributed by atoms with Crippen molar-refractivity contribution in [2.24, 2.45) is 5.92 Å². The summed E-state index contributed by atoms with van der Waals surface area (Å²) in [6.07, 6.45) is -0.405. The second-order valence-electron chi connectivity index (χ2n) is 13.9. The normalized spacial score (nSPS) is 12.6. The van der Waals surface area contributed by atoms with Crippen molar-refractivity contribution in [1.82, 2.24) is 16.0 Å². The van der Waals surface area contributed by atoms with Gasteiger partial charge in [0.05, 0.1) is 112 Å². The SMILES string of the molecule is CC(C)C(NC(=O)CCOCCOCCOCCOCCOCCOCCOCCOCCNC(=O)OC(C)(C)C)C(=O)N[C@@H](C)C(=O)Nc1ccc(CO)cc1. The first-order valence-corrected chi connectivity index (χ1v) is 19.5. The fourth-order valence-corrected chi connectivity index (χ4v) is 4.44. The maximum atomic E-state index is 12.9. The third kappa shape index (κ3) is 29.4. The lowest BCUT2D eigenvalue weighted by molar-refractivity contribution is -0.132. The van der Waals surface area contributed by atoms with E-state index in [1.807, 2.05) is 0 Å². The molecule has 0 saturated heterocycles. The molecule has 18 nitrogen and oxygen atoms in total. The molecule has 1 aromatic rings. The van der Waals surface area contributed by atoms with Gasteiger partial charge in [0.15, 0.2) is 0 Å². The van der Waals surface area contributed by atoms with E-state index in [0.717, 1.165) is 0 Å². The van der Waals surface area contributed by atoms with Gasteiger partial charge in [0.1, 0.15) is 17.7 Å². The Balaban J connectivity index is 1.90. The highest BCUT2D eigenvalue weighted by Crippen LogP contribution is 2.10. The van der Waals surface area contributed by atoms with Gasteiger partial charge in [0.25, 0.3) is 0 Å². The molecule has 57 heavy (non-hydrogen) atoms. The van der Waals surface area contributed by atoms with Crippen LogP contribution in [0.3, 0.4) is 0 Å². The second kappa shape index (κ2) is 32.5. The van der Waals surface area contributed by atoms with Crippen LogP contribution in [0.1, 0.15) is 53.5 Å². The molecule has 0 saturated carbocycles. The van der Waals surface area contributed by atoms with Crippen LogP contribution in [0.5, 0.6) is 0 Å². The molecule has 1 unspecified atom stereocenters. The van der Waals surface area contributed by atoms with Crippen LogP contribution in [0.15, 0.2) is 24.3 Å². The molecule has 0 aliphatic rings. The monoisotopic (exact) mass is 816 g/mol. The average Bonchev–Trinajstić information content (AvgIpc) is 3.16. The minimum atomic E-state index is -0.842. The standard InChI is InChI=1S/C39H68N4O14/c1-30(2)35(37(47)41-31(3)36(46)42-33-9-7-32(29-44)8-10-33)43-34(45)11-13-49-15-17-51-19-21-53-23-25-55-27-28-56-26-24-54-22-20-52-18-16-50-14-12-40-38(48)57-39(4,5)6/h7-10,30-31,35,44H,11-29H2,1-6H3,(H,40,48)(H,41,47)(H,42,46)(H,43,45)/t31-,35?/m0/s1. The number of anilines is 1. The third-order valence-electron chi connectivity index (χ3n) is 7.41. The molecule has 0 heterocycles. The molecule has 0 aliphatic carbocycles. The highest BCUT2D eigenvalue weighted by molar-refractivity contribution is 5.98. The van der Waals surface area contributed by atoms with Crippen molar-refractivity contribution in [3.63, 3.8) is 0 Å². The molecule has 0 radical (unpaired) electrons. The van der Waals surface area contributed by atoms with Gasteiger partial charge in [-0.1, -0.05) is 26.0 Å². The fourth-order valence-electron chi connectivity index (χ4n) is 4.44. The van der Waals surface area contributed by atoms with Gasteiger partial charge in [-0.2, -0.15) is 0 Å². The molecule has 0 bridgehead atoms. The van der Waals surface area contributed by atoms with E-state index in [4.69, 9.17) is 47.7 Å². The van der Waals surface area contributed by atoms with Gasteiger partial charge >= 0.3 is 6.09 Å². The lowest BCUT2D eigenvalue weighted by atomic mass is 10.0. The van der Waals surface area contributed by atoms with Crippen LogP contribution in [-0.4, -0.2) is 159 Å². The summed E-state index contributed by atoms with van der Waals surface area (Å²) in [6, 6.07) is 5.04. The highest BCUT2D eigenvalue weighted by atomic mass is 16.6. The number of hydrogen-bond acceptors (Lipinski definition) is 14. The summed E-state index contributed by atoms with van der Waals surface area (Å²) in [4.78, 5) is 49.4. The van der Waals surface area contributed by atoms with Crippen molar-refractivity contribution in [3.05, 3.63) is 29.8 Å². The van der Waals surface area contributed by atoms with Crippen LogP contribution in [0.25, 0.3) is 0 Å². The molecular formula is C39H68N4O14. The van der Waals surface area contributed by atoms with E-state index in [0.29, 0.717) is 117 Å². The molecular weight excluding hydrogens is 748 g/mol. The van der Waals surface area contributed by atoms with E-state index >= 15 is 0 Å². The van der Waals surface area contributed by atoms with Gasteiger partial charge in [0, 0.05) is 18.7 Å². The number of amides is 4. The van der Waals surface area contributed by atoms with Crippen molar-refractivity contribution < 1.29 is 66.9 Å². The van der Waals surface area contributed by atoms with Gasteiger partial charge < -0.3 is 69.0 Å². The maximum Gasteiger partial charge on any atom is 0.407 e. The van der Waals surface area contributed by atoms with Gasteiger partial charge in [-0.05, 0) is 51.3 Å². The number of alkyl carbamates (subject to hydrolysis) is 1. The Kier molecular flexibility index (Phi) is 29.4. The zero-order chi connectivity index (χ0) is 42.2. The predicted molar refractivity (Wildman–Crippen MR) is 211 cm³/mol. The highest BCUT2D eigenvalue weighted by Gasteiger charge is 2.27. The minimum absolute atomic E-state index is 0.0619. The average molecular weight is 817 g/mol. The smallest absolute Gasteiger partial charge is 0.407 e. The Hall–Kier alpha value is -3.46. The Morgan fingerprint density at radius 3 is 1.42 bits per heavy atom. The van der Waals surface area contributed by atoms with Gasteiger partial charge in [-0.25, -0.2) is 4.79 Å². The lowest BCUT2D eigenvalue weighted by Gasteiger charge is -2.24. The molecule has 0 aromatic heterocycles. The van der Waals surface area contributed by atoms with Crippen LogP contribution in [0.4, 0.5) is 10.5 Å². The third-order valence-corrected chi connectivity index (χ3v) is 7.41. The molecule has 0 aliphatic heterocycles. The Labute approximate surface area is 337 Å². The van der Waals surface area contributed by atoms with Crippen LogP contribution in [0.2, 0.25) is 0 Å². The summed E-state index contributed by atoms with van der Waals surface area (Å²) in [7, 11) is 0. The van der Waals surface area contributed by atoms with Crippen molar-refractivity contribution in [2.45, 2.75) is 72.3 Å². The number of ether oxygens (including phenoxy) is 9. The number of carbonyl (C=O) groups excluding carboxylic acids is 4. The molecule has 0 spiro atoms. The van der Waals surface area contributed by atoms with E-state index in [9.17, 15) is 19.2 Å². The number of benzene rings is 1. The first-order valence-electron chi connectivity index (χ1n) is 19.5. The zero-order valence-corrected chi connectivity index (χ0v) is 34.7.